The van der Waals surface area contributed by atoms with E-state index in [1.54, 1.807) is 67.6 Å². The Morgan fingerprint density at radius 1 is 0.727 bits per heavy atom. The van der Waals surface area contributed by atoms with E-state index in [1.807, 2.05) is 9.47 Å². The van der Waals surface area contributed by atoms with Crippen LogP contribution in [0, 0.1) is 48.7 Å². The molecular formula is C30H31F6IO5P2. The molecule has 4 rings (SSSR count). The second kappa shape index (κ2) is 18.1. The third-order valence-corrected chi connectivity index (χ3v) is 7.11. The summed E-state index contributed by atoms with van der Waals surface area (Å²) in [6.45, 7) is 6.28. The minimum Gasteiger partial charge on any atom is -0.508 e. The van der Waals surface area contributed by atoms with E-state index in [1.165, 1.54) is 44.4 Å². The molecule has 0 amide bonds. The van der Waals surface area contributed by atoms with Crippen LogP contribution in [0.2, 0.25) is 0 Å². The summed E-state index contributed by atoms with van der Waals surface area (Å²) in [5.41, 5.74) is 0.837. The number of phenolic OH excluding ortho intramolecular Hbond substituents is 2. The summed E-state index contributed by atoms with van der Waals surface area (Å²) in [6, 6.07) is 14.6. The van der Waals surface area contributed by atoms with Crippen LogP contribution in [0.15, 0.2) is 60.7 Å². The van der Waals surface area contributed by atoms with Gasteiger partial charge in [-0.25, -0.2) is 13.2 Å². The number of rotatable bonds is 3. The molecule has 14 heteroatoms. The van der Waals surface area contributed by atoms with Crippen molar-refractivity contribution in [1.82, 2.24) is 0 Å². The van der Waals surface area contributed by atoms with Gasteiger partial charge in [0.1, 0.15) is 28.9 Å². The molecule has 0 aliphatic rings. The van der Waals surface area contributed by atoms with Crippen LogP contribution in [0.5, 0.6) is 28.7 Å². The molecule has 0 aliphatic carbocycles. The van der Waals surface area contributed by atoms with Crippen molar-refractivity contribution in [2.24, 2.45) is 0 Å². The molecule has 2 unspecified atom stereocenters. The normalized spacial score (nSPS) is 10.2. The Bertz CT molecular complexity index is 1540. The molecular weight excluding hydrogens is 743 g/mol. The van der Waals surface area contributed by atoms with Crippen molar-refractivity contribution in [3.05, 3.63) is 110 Å². The van der Waals surface area contributed by atoms with Crippen LogP contribution >= 0.6 is 41.5 Å². The highest BCUT2D eigenvalue weighted by atomic mass is 127. The first-order valence-corrected chi connectivity index (χ1v) is 14.3. The number of phenols is 2. The Hall–Kier alpha value is -2.95. The van der Waals surface area contributed by atoms with Crippen LogP contribution in [0.3, 0.4) is 0 Å². The molecule has 0 aromatic heterocycles. The van der Waals surface area contributed by atoms with E-state index >= 15 is 0 Å². The average molecular weight is 774 g/mol. The van der Waals surface area contributed by atoms with Crippen LogP contribution in [-0.2, 0) is 6.18 Å². The Balaban J connectivity index is 0.000000296. The van der Waals surface area contributed by atoms with Crippen molar-refractivity contribution in [3.63, 3.8) is 0 Å². The highest BCUT2D eigenvalue weighted by Gasteiger charge is 2.35. The molecule has 0 spiro atoms. The van der Waals surface area contributed by atoms with Crippen molar-refractivity contribution in [3.8, 4) is 28.7 Å². The first kappa shape index (κ1) is 39.1. The number of hydrogen-bond acceptors (Lipinski definition) is 5. The molecule has 0 saturated heterocycles. The number of aromatic hydroxyl groups is 2. The van der Waals surface area contributed by atoms with E-state index in [-0.39, 0.29) is 43.8 Å². The van der Waals surface area contributed by atoms with Gasteiger partial charge >= 0.3 is 6.18 Å². The lowest BCUT2D eigenvalue weighted by atomic mass is 10.1. The highest BCUT2D eigenvalue weighted by molar-refractivity contribution is 14.1. The molecule has 0 saturated carbocycles. The van der Waals surface area contributed by atoms with Gasteiger partial charge in [-0.15, -0.1) is 0 Å². The van der Waals surface area contributed by atoms with E-state index in [2.05, 4.69) is 9.47 Å². The summed E-state index contributed by atoms with van der Waals surface area (Å²) in [5, 5.41) is 17.8. The molecule has 240 valence electrons. The number of methoxy groups -OCH3 is 1. The number of hydrogen-bond donors (Lipinski definition) is 2. The molecule has 0 radical (unpaired) electrons. The number of ether oxygens (including phenoxy) is 1. The fourth-order valence-corrected chi connectivity index (χ4v) is 4.39. The lowest BCUT2D eigenvalue weighted by Crippen LogP contribution is -2.09. The monoisotopic (exact) mass is 774 g/mol. The first-order valence-electron chi connectivity index (χ1n) is 12.3. The van der Waals surface area contributed by atoms with Gasteiger partial charge in [-0.05, 0) is 97.3 Å². The number of halogens is 7. The van der Waals surface area contributed by atoms with Gasteiger partial charge in [-0.3, -0.25) is 0 Å². The molecule has 0 bridgehead atoms. The second-order valence-electron chi connectivity index (χ2n) is 8.87. The van der Waals surface area contributed by atoms with Gasteiger partial charge in [-0.1, -0.05) is 18.2 Å². The van der Waals surface area contributed by atoms with Crippen molar-refractivity contribution in [2.75, 3.05) is 7.11 Å². The Morgan fingerprint density at radius 3 is 1.70 bits per heavy atom. The standard InChI is InChI=1S/C8H6F3IO.C8H10FO2P.C7H8FOP.C7H7FO/c1-4-6(13)3-2-5(12)7(4)8(9,10)11;1-5-3-4-6(11-12)8(10-2)7(5)9;1-5-2-3-6(9-10)4-7(5)8;1-5-2-3-6(9)4-7(5)8/h2-3,13H,1H3;3-4H,12H2,1-2H3;2-4H,10H2,1H3;2-4,9H,1H3. The number of alkyl halides is 3. The van der Waals surface area contributed by atoms with Gasteiger partial charge in [0.25, 0.3) is 0 Å². The Labute approximate surface area is 270 Å². The molecule has 0 aliphatic heterocycles. The van der Waals surface area contributed by atoms with Gasteiger partial charge in [-0.2, -0.15) is 13.2 Å². The fraction of sp³-hybridized carbons (Fsp3) is 0.200. The minimum absolute atomic E-state index is 0.0295. The lowest BCUT2D eigenvalue weighted by Gasteiger charge is -2.12. The topological polar surface area (TPSA) is 68.2 Å². The maximum Gasteiger partial charge on any atom is 0.417 e. The maximum absolute atomic E-state index is 13.2. The van der Waals surface area contributed by atoms with Crippen LogP contribution < -0.4 is 13.8 Å². The molecule has 44 heavy (non-hydrogen) atoms. The lowest BCUT2D eigenvalue weighted by molar-refractivity contribution is -0.138. The van der Waals surface area contributed by atoms with Gasteiger partial charge in [0.2, 0.25) is 0 Å². The number of aryl methyl sites for hydroxylation is 3. The summed E-state index contributed by atoms with van der Waals surface area (Å²) in [5.74, 6) is -0.290. The molecule has 0 heterocycles. The molecule has 2 N–H and O–H groups in total. The van der Waals surface area contributed by atoms with Gasteiger partial charge in [0.15, 0.2) is 17.3 Å². The van der Waals surface area contributed by atoms with E-state index in [4.69, 9.17) is 24.0 Å². The zero-order valence-electron chi connectivity index (χ0n) is 24.2. The predicted molar refractivity (Wildman–Crippen MR) is 173 cm³/mol. The van der Waals surface area contributed by atoms with Crippen molar-refractivity contribution < 1.29 is 50.3 Å². The zero-order chi connectivity index (χ0) is 33.8. The highest BCUT2D eigenvalue weighted by Crippen LogP contribution is 2.38. The molecule has 4 aromatic carbocycles. The Morgan fingerprint density at radius 2 is 1.27 bits per heavy atom. The van der Waals surface area contributed by atoms with E-state index in [9.17, 15) is 26.3 Å². The van der Waals surface area contributed by atoms with Gasteiger partial charge in [0.05, 0.1) is 31.6 Å². The van der Waals surface area contributed by atoms with Gasteiger partial charge < -0.3 is 24.0 Å². The van der Waals surface area contributed by atoms with Crippen LogP contribution in [0.1, 0.15) is 27.8 Å². The summed E-state index contributed by atoms with van der Waals surface area (Å²) in [4.78, 5) is 0. The zero-order valence-corrected chi connectivity index (χ0v) is 28.7. The largest absolute Gasteiger partial charge is 0.508 e. The van der Waals surface area contributed by atoms with Crippen LogP contribution in [0.4, 0.5) is 26.3 Å². The quantitative estimate of drug-likeness (QED) is 0.123. The van der Waals surface area contributed by atoms with Crippen molar-refractivity contribution >= 4 is 41.5 Å². The SMILES string of the molecule is COc1c(OP)ccc(C)c1F.Cc1c(O)ccc(I)c1C(F)(F)F.Cc1ccc(O)cc1F.Cc1ccc(OP)cc1F. The van der Waals surface area contributed by atoms with Crippen LogP contribution in [0.25, 0.3) is 0 Å². The van der Waals surface area contributed by atoms with E-state index < -0.39 is 11.7 Å². The first-order chi connectivity index (χ1) is 20.5. The van der Waals surface area contributed by atoms with Crippen molar-refractivity contribution in [1.29, 1.82) is 0 Å². The average Bonchev–Trinajstić information content (AvgIpc) is 2.96. The van der Waals surface area contributed by atoms with Crippen LogP contribution in [-0.4, -0.2) is 17.3 Å². The fourth-order valence-electron chi connectivity index (χ4n) is 3.16. The predicted octanol–water partition coefficient (Wildman–Crippen LogP) is 9.78. The molecule has 0 fully saturated rings. The van der Waals surface area contributed by atoms with Crippen molar-refractivity contribution in [2.45, 2.75) is 33.9 Å². The van der Waals surface area contributed by atoms with E-state index in [0.29, 0.717) is 28.2 Å². The second-order valence-corrected chi connectivity index (χ2v) is 10.5. The summed E-state index contributed by atoms with van der Waals surface area (Å²) in [7, 11) is 5.52. The minimum atomic E-state index is -4.40. The van der Waals surface area contributed by atoms with Gasteiger partial charge in [0, 0.05) is 21.3 Å². The molecule has 4 aromatic rings. The molecule has 5 nitrogen and oxygen atoms in total. The third-order valence-electron chi connectivity index (χ3n) is 5.69. The summed E-state index contributed by atoms with van der Waals surface area (Å²) in [6.07, 6.45) is -4.40. The summed E-state index contributed by atoms with van der Waals surface area (Å²) >= 11 is 1.60. The number of benzene rings is 4. The maximum atomic E-state index is 13.2. The molecule has 2 atom stereocenters. The van der Waals surface area contributed by atoms with E-state index in [0.717, 1.165) is 6.07 Å². The smallest absolute Gasteiger partial charge is 0.417 e. The third kappa shape index (κ3) is 11.9. The Kier molecular flexibility index (Phi) is 16.1. The summed E-state index contributed by atoms with van der Waals surface area (Å²) < 4.78 is 89.9.